The van der Waals surface area contributed by atoms with E-state index in [4.69, 9.17) is 4.74 Å². The molecule has 2 N–H and O–H groups in total. The number of amides is 1. The molecule has 0 aromatic heterocycles. The second kappa shape index (κ2) is 15.7. The molecule has 0 spiro atoms. The van der Waals surface area contributed by atoms with Crippen LogP contribution in [0.4, 0.5) is 0 Å². The first-order valence-corrected chi connectivity index (χ1v) is 13.4. The van der Waals surface area contributed by atoms with E-state index in [1.807, 2.05) is 0 Å². The van der Waals surface area contributed by atoms with Crippen LogP contribution in [0, 0.1) is 11.8 Å². The number of nitrogens with zero attached hydrogens (tertiary/aromatic N) is 2. The molecule has 0 heterocycles. The number of fused-ring (bicyclic) bond motifs is 1. The Hall–Kier alpha value is 1.13. The zero-order valence-electron chi connectivity index (χ0n) is 20.6. The molecule has 3 fully saturated rings. The second-order valence-corrected chi connectivity index (χ2v) is 11.7. The van der Waals surface area contributed by atoms with Crippen LogP contribution in [-0.2, 0) is 29.0 Å². The molecule has 0 radical (unpaired) electrons. The van der Waals surface area contributed by atoms with Gasteiger partial charge >= 0.3 is 59.1 Å². The van der Waals surface area contributed by atoms with E-state index in [0.29, 0.717) is 18.5 Å². The molecule has 7 unspecified atom stereocenters. The van der Waals surface area contributed by atoms with Crippen molar-refractivity contribution in [3.63, 3.8) is 0 Å². The molecule has 3 rings (SSSR count). The van der Waals surface area contributed by atoms with Gasteiger partial charge in [0.15, 0.2) is 0 Å². The van der Waals surface area contributed by atoms with Crippen LogP contribution in [-0.4, -0.2) is 71.9 Å². The minimum Gasteiger partial charge on any atom is -0.748 e. The van der Waals surface area contributed by atoms with Crippen molar-refractivity contribution in [2.75, 3.05) is 7.11 Å². The van der Waals surface area contributed by atoms with Crippen molar-refractivity contribution >= 4 is 28.1 Å². The monoisotopic (exact) mass is 555 g/mol. The number of hydrogen-bond donors (Lipinski definition) is 2. The maximum atomic E-state index is 11.8. The number of hydrogen-bond acceptors (Lipinski definition) is 12. The van der Waals surface area contributed by atoms with E-state index < -0.39 is 50.6 Å². The Kier molecular flexibility index (Phi) is 15.3. The molecule has 0 aliphatic heterocycles. The maximum absolute atomic E-state index is 11.8. The van der Waals surface area contributed by atoms with Crippen molar-refractivity contribution in [1.82, 2.24) is 5.32 Å². The van der Waals surface area contributed by atoms with Gasteiger partial charge in [0.25, 0.3) is 0 Å². The van der Waals surface area contributed by atoms with Crippen LogP contribution in [0.2, 0.25) is 0 Å². The summed E-state index contributed by atoms with van der Waals surface area (Å²) in [6, 6.07) is -1.48. The minimum atomic E-state index is -4.59. The molecule has 0 aromatic carbocycles. The van der Waals surface area contributed by atoms with E-state index in [1.54, 1.807) is 7.11 Å². The molecule has 3 aliphatic carbocycles. The number of ether oxygens (including phenoxy) is 1. The Morgan fingerprint density at radius 1 is 1.11 bits per heavy atom. The topological polar surface area (TPSA) is 182 Å². The first-order chi connectivity index (χ1) is 15.6. The fraction of sp³-hybridized carbons (Fsp3) is 0.947. The molecule has 35 heavy (non-hydrogen) atoms. The fourth-order valence-electron chi connectivity index (χ4n) is 5.54. The van der Waals surface area contributed by atoms with E-state index in [-0.39, 0.29) is 90.0 Å². The predicted molar refractivity (Wildman–Crippen MR) is 113 cm³/mol. The molecule has 3 saturated carbocycles. The summed E-state index contributed by atoms with van der Waals surface area (Å²) in [7, 11) is -2.91. The molecule has 7 atom stereocenters. The van der Waals surface area contributed by atoms with Crippen molar-refractivity contribution in [1.29, 1.82) is 0 Å². The predicted octanol–water partition coefficient (Wildman–Crippen LogP) is -5.78. The van der Waals surface area contributed by atoms with Gasteiger partial charge in [0.05, 0.1) is 38.9 Å². The van der Waals surface area contributed by atoms with Crippen LogP contribution >= 0.6 is 12.0 Å². The summed E-state index contributed by atoms with van der Waals surface area (Å²) in [5.41, 5.74) is 0. The molecule has 3 aliphatic rings. The largest absolute Gasteiger partial charge is 1.00 e. The standard InChI is InChI=1S/C19H33N3O9S2.2Na/c1-10(23)20-15-9-14(33(26,27)28)7-11-8-16(32-31-30-25)18(19(24)17(11)15)22-21-12-3-5-13(29-2)6-4-12;;/h11-19,24-25H,3-9H2,1-2H3,(H,20,23)(H,26,27,28);;/q;2*+1/p-2. The summed E-state index contributed by atoms with van der Waals surface area (Å²) in [5, 5.41) is 35.0. The van der Waals surface area contributed by atoms with Crippen LogP contribution < -0.4 is 69.7 Å². The first kappa shape index (κ1) is 34.2. The average Bonchev–Trinajstić information content (AvgIpc) is 2.76. The molecule has 0 bridgehead atoms. The Morgan fingerprint density at radius 3 is 2.31 bits per heavy atom. The third-order valence-corrected chi connectivity index (χ3v) is 9.13. The number of methoxy groups -OCH3 is 1. The van der Waals surface area contributed by atoms with Crippen LogP contribution in [0.15, 0.2) is 10.2 Å². The Balaban J connectivity index is 0.00000306. The third-order valence-electron chi connectivity index (χ3n) is 7.08. The minimum absolute atomic E-state index is 0. The van der Waals surface area contributed by atoms with Crippen molar-refractivity contribution < 1.29 is 101 Å². The number of rotatable bonds is 8. The summed E-state index contributed by atoms with van der Waals surface area (Å²) in [6.45, 7) is 1.30. The summed E-state index contributed by atoms with van der Waals surface area (Å²) in [4.78, 5) is 11.8. The molecule has 12 nitrogen and oxygen atoms in total. The van der Waals surface area contributed by atoms with Gasteiger partial charge in [0.1, 0.15) is 6.04 Å². The summed E-state index contributed by atoms with van der Waals surface area (Å²) in [6.07, 6.45) is 2.70. The zero-order valence-corrected chi connectivity index (χ0v) is 26.2. The van der Waals surface area contributed by atoms with Gasteiger partial charge in [0, 0.05) is 38.0 Å². The number of carbonyl (C=O) groups excluding carboxylic acids is 1. The van der Waals surface area contributed by atoms with Gasteiger partial charge in [-0.2, -0.15) is 14.6 Å². The second-order valence-electron chi connectivity index (χ2n) is 9.12. The first-order valence-electron chi connectivity index (χ1n) is 11.1. The van der Waals surface area contributed by atoms with Crippen molar-refractivity contribution in [3.05, 3.63) is 0 Å². The average molecular weight is 556 g/mol. The quantitative estimate of drug-likeness (QED) is 0.0731. The van der Waals surface area contributed by atoms with Gasteiger partial charge < -0.3 is 25.0 Å². The third kappa shape index (κ3) is 9.38. The van der Waals surface area contributed by atoms with Gasteiger partial charge in [-0.3, -0.25) is 9.83 Å². The van der Waals surface area contributed by atoms with Crippen molar-refractivity contribution in [2.45, 2.75) is 92.7 Å². The van der Waals surface area contributed by atoms with E-state index in [2.05, 4.69) is 24.9 Å². The van der Waals surface area contributed by atoms with Gasteiger partial charge in [-0.1, -0.05) is 0 Å². The van der Waals surface area contributed by atoms with Crippen LogP contribution in [0.25, 0.3) is 0 Å². The van der Waals surface area contributed by atoms with Crippen LogP contribution in [0.1, 0.15) is 51.9 Å². The van der Waals surface area contributed by atoms with Crippen molar-refractivity contribution in [2.24, 2.45) is 22.1 Å². The molecular formula is C19H31N3Na2O9S2. The number of nitrogens with one attached hydrogen (secondary N) is 1. The fourth-order valence-corrected chi connectivity index (χ4v) is 7.25. The number of aliphatic hydroxyl groups excluding tert-OH is 1. The molecule has 16 heteroatoms. The zero-order chi connectivity index (χ0) is 24.2. The summed E-state index contributed by atoms with van der Waals surface area (Å²) >= 11 is 0.696. The van der Waals surface area contributed by atoms with Gasteiger partial charge in [0.2, 0.25) is 5.91 Å². The van der Waals surface area contributed by atoms with Gasteiger partial charge in [-0.15, -0.1) is 0 Å². The van der Waals surface area contributed by atoms with Crippen LogP contribution in [0.5, 0.6) is 0 Å². The van der Waals surface area contributed by atoms with E-state index in [9.17, 15) is 28.1 Å². The number of azo groups is 1. The van der Waals surface area contributed by atoms with E-state index in [1.165, 1.54) is 6.92 Å². The SMILES string of the molecule is COC1CCC(N=NC2C(SOO[O-])CC3CC(S(=O)(=O)[O-])CC(NC(C)=O)C3C2O)CC1.[Na+].[Na+]. The molecule has 190 valence electrons. The Morgan fingerprint density at radius 2 is 1.77 bits per heavy atom. The smallest absolute Gasteiger partial charge is 0.748 e. The summed E-state index contributed by atoms with van der Waals surface area (Å²) in [5.74, 6) is -1.32. The molecule has 1 amide bonds. The van der Waals surface area contributed by atoms with E-state index >= 15 is 0 Å². The molecule has 0 aromatic rings. The van der Waals surface area contributed by atoms with Crippen molar-refractivity contribution in [3.8, 4) is 0 Å². The number of carbonyl (C=O) groups is 1. The normalized spacial score (nSPS) is 37.6. The van der Waals surface area contributed by atoms with Gasteiger partial charge in [-0.25, -0.2) is 8.42 Å². The summed E-state index contributed by atoms with van der Waals surface area (Å²) < 4.78 is 45.1. The Labute approximate surface area is 254 Å². The Bertz CT molecular complexity index is 802. The maximum Gasteiger partial charge on any atom is 1.00 e. The number of aliphatic hydroxyl groups is 1. The van der Waals surface area contributed by atoms with Crippen LogP contribution in [0.3, 0.4) is 0 Å². The molecular weight excluding hydrogens is 524 g/mol. The van der Waals surface area contributed by atoms with Gasteiger partial charge in [-0.05, 0) is 50.9 Å². The molecule has 0 saturated heterocycles. The van der Waals surface area contributed by atoms with E-state index in [0.717, 1.165) is 25.7 Å².